The molecule has 3 N–H and O–H groups in total. The lowest BCUT2D eigenvalue weighted by Crippen LogP contribution is -2.39. The Balaban J connectivity index is 3.37. The smallest absolute Gasteiger partial charge is 0.335 e. The zero-order valence-corrected chi connectivity index (χ0v) is 4.18. The molecule has 0 unspecified atom stereocenters. The number of esters is 1. The fourth-order valence-corrected chi connectivity index (χ4v) is 0.164. The number of hydrogen-bond donors (Lipinski definition) is 1. The van der Waals surface area contributed by atoms with Gasteiger partial charge < -0.3 is 10.5 Å². The van der Waals surface area contributed by atoms with Crippen molar-refractivity contribution in [2.45, 2.75) is 0 Å². The molecule has 0 saturated carbocycles. The maximum absolute atomic E-state index is 10.1. The van der Waals surface area contributed by atoms with E-state index >= 15 is 0 Å². The second-order valence-corrected chi connectivity index (χ2v) is 0.926. The molecule has 0 saturated heterocycles. The van der Waals surface area contributed by atoms with Crippen LogP contribution < -0.4 is 5.73 Å². The van der Waals surface area contributed by atoms with E-state index in [4.69, 9.17) is 0 Å². The van der Waals surface area contributed by atoms with Gasteiger partial charge in [-0.2, -0.15) is 0 Å². The summed E-state index contributed by atoms with van der Waals surface area (Å²) in [7, 11) is 1.32. The molecule has 0 amide bonds. The molecule has 0 fully saturated rings. The molecular formula is C4H8NO2+. The summed E-state index contributed by atoms with van der Waals surface area (Å²) < 4.78 is 4.22. The number of ether oxygens (including phenoxy) is 1. The van der Waals surface area contributed by atoms with Gasteiger partial charge in [-0.05, 0) is 0 Å². The Hall–Kier alpha value is -0.830. The summed E-state index contributed by atoms with van der Waals surface area (Å²) in [6, 6.07) is 0. The van der Waals surface area contributed by atoms with E-state index in [-0.39, 0.29) is 5.97 Å². The molecule has 0 spiro atoms. The molecule has 0 heterocycles. The highest BCUT2D eigenvalue weighted by Crippen LogP contribution is 1.69. The number of carbonyl (C=O) groups excluding carboxylic acids is 1. The minimum Gasteiger partial charge on any atom is -0.466 e. The molecule has 7 heavy (non-hydrogen) atoms. The molecular weight excluding hydrogens is 94.0 g/mol. The lowest BCUT2D eigenvalue weighted by Gasteiger charge is -1.83. The lowest BCUT2D eigenvalue weighted by molar-refractivity contribution is -0.275. The quantitative estimate of drug-likeness (QED) is 0.338. The van der Waals surface area contributed by atoms with Crippen molar-refractivity contribution in [3.63, 3.8) is 0 Å². The molecule has 3 nitrogen and oxygen atoms in total. The highest BCUT2D eigenvalue weighted by Gasteiger charge is 1.86. The van der Waals surface area contributed by atoms with E-state index in [1.54, 1.807) is 0 Å². The van der Waals surface area contributed by atoms with Gasteiger partial charge in [-0.25, -0.2) is 4.79 Å². The van der Waals surface area contributed by atoms with Gasteiger partial charge in [0.1, 0.15) is 0 Å². The van der Waals surface area contributed by atoms with Gasteiger partial charge >= 0.3 is 5.97 Å². The molecule has 0 rings (SSSR count). The van der Waals surface area contributed by atoms with Gasteiger partial charge in [0.2, 0.25) is 0 Å². The van der Waals surface area contributed by atoms with Crippen LogP contribution in [-0.2, 0) is 9.53 Å². The first-order valence-corrected chi connectivity index (χ1v) is 1.85. The SMILES string of the molecule is COC(=O)/C=C/[NH3+]. The zero-order valence-electron chi connectivity index (χ0n) is 4.18. The first-order chi connectivity index (χ1) is 3.31. The molecule has 0 aromatic heterocycles. The van der Waals surface area contributed by atoms with Crippen LogP contribution in [0.3, 0.4) is 0 Å². The van der Waals surface area contributed by atoms with Crippen molar-refractivity contribution in [3.05, 3.63) is 12.3 Å². The predicted molar refractivity (Wildman–Crippen MR) is 24.0 cm³/mol. The van der Waals surface area contributed by atoms with Crippen LogP contribution in [0.1, 0.15) is 0 Å². The second kappa shape index (κ2) is 3.36. The van der Waals surface area contributed by atoms with E-state index in [0.29, 0.717) is 0 Å². The monoisotopic (exact) mass is 102 g/mol. The van der Waals surface area contributed by atoms with Crippen LogP contribution in [-0.4, -0.2) is 13.1 Å². The second-order valence-electron chi connectivity index (χ2n) is 0.926. The third-order valence-electron chi connectivity index (χ3n) is 0.455. The zero-order chi connectivity index (χ0) is 5.70. The summed E-state index contributed by atoms with van der Waals surface area (Å²) in [4.78, 5) is 10.1. The Bertz CT molecular complexity index is 87.7. The Labute approximate surface area is 41.8 Å². The van der Waals surface area contributed by atoms with E-state index in [1.165, 1.54) is 19.4 Å². The minimum absolute atomic E-state index is 0.366. The number of rotatable bonds is 1. The predicted octanol–water partition coefficient (Wildman–Crippen LogP) is -1.08. The summed E-state index contributed by atoms with van der Waals surface area (Å²) in [5.74, 6) is -0.366. The van der Waals surface area contributed by atoms with Gasteiger partial charge in [-0.1, -0.05) is 0 Å². The molecule has 0 atom stereocenters. The highest BCUT2D eigenvalue weighted by atomic mass is 16.5. The molecule has 0 aromatic rings. The fraction of sp³-hybridized carbons (Fsp3) is 0.250. The molecule has 40 valence electrons. The van der Waals surface area contributed by atoms with Crippen LogP contribution in [0.5, 0.6) is 0 Å². The molecule has 0 aliphatic rings. The minimum atomic E-state index is -0.366. The number of methoxy groups -OCH3 is 1. The van der Waals surface area contributed by atoms with Gasteiger partial charge in [0.15, 0.2) is 0 Å². The fourth-order valence-electron chi connectivity index (χ4n) is 0.164. The molecule has 0 radical (unpaired) electrons. The molecule has 0 aliphatic heterocycles. The largest absolute Gasteiger partial charge is 0.466 e. The maximum atomic E-state index is 10.1. The van der Waals surface area contributed by atoms with Crippen molar-refractivity contribution in [2.24, 2.45) is 0 Å². The van der Waals surface area contributed by atoms with E-state index in [0.717, 1.165) is 0 Å². The highest BCUT2D eigenvalue weighted by molar-refractivity contribution is 5.81. The Morgan fingerprint density at radius 2 is 2.43 bits per heavy atom. The van der Waals surface area contributed by atoms with Crippen molar-refractivity contribution < 1.29 is 15.3 Å². The van der Waals surface area contributed by atoms with E-state index in [9.17, 15) is 4.79 Å². The Kier molecular flexibility index (Phi) is 2.96. The first-order valence-electron chi connectivity index (χ1n) is 1.85. The Morgan fingerprint density at radius 1 is 1.86 bits per heavy atom. The average Bonchev–Trinajstić information content (AvgIpc) is 1.68. The van der Waals surface area contributed by atoms with Crippen molar-refractivity contribution in [2.75, 3.05) is 7.11 Å². The topological polar surface area (TPSA) is 53.9 Å². The van der Waals surface area contributed by atoms with Crippen LogP contribution >= 0.6 is 0 Å². The number of carbonyl (C=O) groups is 1. The third kappa shape index (κ3) is 2.99. The summed E-state index contributed by atoms with van der Waals surface area (Å²) in [6.45, 7) is 0. The lowest BCUT2D eigenvalue weighted by atomic mass is 10.6. The summed E-state index contributed by atoms with van der Waals surface area (Å²) >= 11 is 0. The normalized spacial score (nSPS) is 9.43. The van der Waals surface area contributed by atoms with Gasteiger partial charge in [0.25, 0.3) is 0 Å². The average molecular weight is 102 g/mol. The van der Waals surface area contributed by atoms with Gasteiger partial charge in [-0.15, -0.1) is 0 Å². The van der Waals surface area contributed by atoms with Crippen LogP contribution in [0.15, 0.2) is 12.3 Å². The summed E-state index contributed by atoms with van der Waals surface area (Å²) in [5.41, 5.74) is 3.29. The van der Waals surface area contributed by atoms with Crippen LogP contribution in [0.4, 0.5) is 0 Å². The van der Waals surface area contributed by atoms with Crippen LogP contribution in [0.25, 0.3) is 0 Å². The summed E-state index contributed by atoms with van der Waals surface area (Å²) in [6.07, 6.45) is 2.63. The number of quaternary nitrogens is 1. The maximum Gasteiger partial charge on any atom is 0.335 e. The summed E-state index contributed by atoms with van der Waals surface area (Å²) in [5, 5.41) is 0. The standard InChI is InChI=1S/C4H7NO2/c1-7-4(6)2-3-5/h2-3H,5H2,1H3/p+1/b3-2+. The van der Waals surface area contributed by atoms with Crippen molar-refractivity contribution in [1.82, 2.24) is 0 Å². The van der Waals surface area contributed by atoms with Crippen molar-refractivity contribution in [1.29, 1.82) is 0 Å². The van der Waals surface area contributed by atoms with Gasteiger partial charge in [-0.3, -0.25) is 0 Å². The number of hydrogen-bond acceptors (Lipinski definition) is 2. The van der Waals surface area contributed by atoms with E-state index in [1.807, 2.05) is 0 Å². The molecule has 0 aliphatic carbocycles. The van der Waals surface area contributed by atoms with E-state index < -0.39 is 0 Å². The van der Waals surface area contributed by atoms with Crippen LogP contribution in [0, 0.1) is 0 Å². The molecule has 0 aromatic carbocycles. The first kappa shape index (κ1) is 6.17. The van der Waals surface area contributed by atoms with Crippen LogP contribution in [0.2, 0.25) is 0 Å². The third-order valence-corrected chi connectivity index (χ3v) is 0.455. The Morgan fingerprint density at radius 3 is 2.57 bits per heavy atom. The van der Waals surface area contributed by atoms with Crippen molar-refractivity contribution in [3.8, 4) is 0 Å². The van der Waals surface area contributed by atoms with E-state index in [2.05, 4.69) is 10.5 Å². The van der Waals surface area contributed by atoms with Gasteiger partial charge in [0.05, 0.1) is 19.4 Å². The molecule has 3 heteroatoms. The van der Waals surface area contributed by atoms with Crippen molar-refractivity contribution >= 4 is 5.97 Å². The molecule has 0 bridgehead atoms. The van der Waals surface area contributed by atoms with Gasteiger partial charge in [0, 0.05) is 0 Å².